The van der Waals surface area contributed by atoms with Crippen molar-refractivity contribution in [3.8, 4) is 0 Å². The van der Waals surface area contributed by atoms with Gasteiger partial charge in [0.1, 0.15) is 0 Å². The molecule has 2 nitrogen and oxygen atoms in total. The van der Waals surface area contributed by atoms with Crippen molar-refractivity contribution in [3.05, 3.63) is 11.8 Å². The molecular weight excluding hydrogens is 210 g/mol. The second-order valence-electron chi connectivity index (χ2n) is 5.58. The van der Waals surface area contributed by atoms with Gasteiger partial charge in [-0.2, -0.15) is 0 Å². The Balaban J connectivity index is 2.17. The Labute approximate surface area is 106 Å². The average Bonchev–Trinajstić information content (AvgIpc) is 2.87. The second kappa shape index (κ2) is 5.90. The Morgan fingerprint density at radius 2 is 2.06 bits per heavy atom. The summed E-state index contributed by atoms with van der Waals surface area (Å²) >= 11 is 0. The van der Waals surface area contributed by atoms with Crippen molar-refractivity contribution < 1.29 is 4.74 Å². The van der Waals surface area contributed by atoms with Crippen LogP contribution >= 0.6 is 0 Å². The molecule has 1 fully saturated rings. The maximum atomic E-state index is 5.56. The van der Waals surface area contributed by atoms with Crippen LogP contribution in [-0.2, 0) is 4.74 Å². The number of nitrogens with one attached hydrogen (secondary N) is 1. The van der Waals surface area contributed by atoms with Gasteiger partial charge < -0.3 is 10.1 Å². The van der Waals surface area contributed by atoms with Crippen LogP contribution in [0.5, 0.6) is 0 Å². The number of rotatable bonds is 5. The van der Waals surface area contributed by atoms with Crippen LogP contribution in [0, 0.1) is 5.41 Å². The lowest BCUT2D eigenvalue weighted by atomic mass is 9.72. The van der Waals surface area contributed by atoms with Crippen LogP contribution in [0.2, 0.25) is 0 Å². The van der Waals surface area contributed by atoms with Crippen LogP contribution in [0.25, 0.3) is 0 Å². The van der Waals surface area contributed by atoms with Crippen LogP contribution in [0.1, 0.15) is 58.8 Å². The third-order valence-electron chi connectivity index (χ3n) is 4.66. The van der Waals surface area contributed by atoms with Crippen LogP contribution in [-0.4, -0.2) is 19.2 Å². The first-order chi connectivity index (χ1) is 8.32. The molecule has 0 spiro atoms. The second-order valence-corrected chi connectivity index (χ2v) is 5.58. The zero-order valence-electron chi connectivity index (χ0n) is 11.4. The Bertz CT molecular complexity index is 266. The molecule has 1 saturated carbocycles. The number of hydrogen-bond acceptors (Lipinski definition) is 2. The molecule has 0 radical (unpaired) electrons. The highest BCUT2D eigenvalue weighted by atomic mass is 16.5. The van der Waals surface area contributed by atoms with E-state index in [-0.39, 0.29) is 0 Å². The molecule has 0 amide bonds. The first-order valence-corrected chi connectivity index (χ1v) is 7.36. The van der Waals surface area contributed by atoms with E-state index in [4.69, 9.17) is 4.74 Å². The first-order valence-electron chi connectivity index (χ1n) is 7.36. The fourth-order valence-electron chi connectivity index (χ4n) is 3.67. The normalized spacial score (nSPS) is 25.2. The van der Waals surface area contributed by atoms with Gasteiger partial charge in [0, 0.05) is 6.04 Å². The van der Waals surface area contributed by atoms with Crippen molar-refractivity contribution in [2.24, 2.45) is 5.41 Å². The molecule has 1 atom stereocenters. The van der Waals surface area contributed by atoms with E-state index in [0.29, 0.717) is 11.5 Å². The molecule has 17 heavy (non-hydrogen) atoms. The maximum absolute atomic E-state index is 5.56. The minimum atomic E-state index is 0.503. The van der Waals surface area contributed by atoms with Crippen LogP contribution in [0.4, 0.5) is 0 Å². The maximum Gasteiger partial charge on any atom is 0.0876 e. The molecule has 1 unspecified atom stereocenters. The molecule has 2 rings (SSSR count). The van der Waals surface area contributed by atoms with Gasteiger partial charge in [-0.3, -0.25) is 0 Å². The van der Waals surface area contributed by atoms with Gasteiger partial charge in [-0.1, -0.05) is 26.7 Å². The van der Waals surface area contributed by atoms with Gasteiger partial charge in [0.2, 0.25) is 0 Å². The van der Waals surface area contributed by atoms with Gasteiger partial charge in [-0.15, -0.1) is 0 Å². The molecule has 0 aromatic heterocycles. The lowest BCUT2D eigenvalue weighted by Gasteiger charge is -2.39. The highest BCUT2D eigenvalue weighted by Gasteiger charge is 2.41. The predicted molar refractivity (Wildman–Crippen MR) is 71.9 cm³/mol. The fraction of sp³-hybridized carbons (Fsp3) is 0.867. The molecule has 2 aliphatic rings. The average molecular weight is 237 g/mol. The van der Waals surface area contributed by atoms with E-state index in [2.05, 4.69) is 19.2 Å². The summed E-state index contributed by atoms with van der Waals surface area (Å²) in [5, 5.41) is 3.74. The minimum absolute atomic E-state index is 0.503. The monoisotopic (exact) mass is 237 g/mol. The quantitative estimate of drug-likeness (QED) is 0.788. The minimum Gasteiger partial charge on any atom is -0.501 e. The SMILES string of the molecule is CCNC(C1=COCCC1)C1(CC)CCCC1. The van der Waals surface area contributed by atoms with E-state index in [1.807, 2.05) is 6.26 Å². The molecule has 0 bridgehead atoms. The third kappa shape index (κ3) is 2.67. The zero-order valence-corrected chi connectivity index (χ0v) is 11.4. The summed E-state index contributed by atoms with van der Waals surface area (Å²) in [6, 6.07) is 0.556. The Hall–Kier alpha value is -0.500. The van der Waals surface area contributed by atoms with E-state index in [0.717, 1.165) is 13.2 Å². The highest BCUT2D eigenvalue weighted by molar-refractivity contribution is 5.16. The standard InChI is InChI=1S/C15H27NO/c1-3-15(9-5-6-10-15)14(16-4-2)13-8-7-11-17-12-13/h12,14,16H,3-11H2,1-2H3. The summed E-state index contributed by atoms with van der Waals surface area (Å²) in [6.45, 7) is 6.54. The fourth-order valence-corrected chi connectivity index (χ4v) is 3.67. The topological polar surface area (TPSA) is 21.3 Å². The smallest absolute Gasteiger partial charge is 0.0876 e. The van der Waals surface area contributed by atoms with Crippen molar-refractivity contribution in [3.63, 3.8) is 0 Å². The third-order valence-corrected chi connectivity index (χ3v) is 4.66. The summed E-state index contributed by atoms with van der Waals surface area (Å²) in [4.78, 5) is 0. The van der Waals surface area contributed by atoms with Crippen molar-refractivity contribution in [1.82, 2.24) is 5.32 Å². The van der Waals surface area contributed by atoms with E-state index >= 15 is 0 Å². The first kappa shape index (κ1) is 12.9. The van der Waals surface area contributed by atoms with E-state index < -0.39 is 0 Å². The van der Waals surface area contributed by atoms with Gasteiger partial charge in [0.15, 0.2) is 0 Å². The van der Waals surface area contributed by atoms with Crippen LogP contribution < -0.4 is 5.32 Å². The van der Waals surface area contributed by atoms with Crippen molar-refractivity contribution in [2.45, 2.75) is 64.8 Å². The number of hydrogen-bond donors (Lipinski definition) is 1. The van der Waals surface area contributed by atoms with Crippen molar-refractivity contribution in [1.29, 1.82) is 0 Å². The number of likely N-dealkylation sites (N-methyl/N-ethyl adjacent to an activating group) is 1. The van der Waals surface area contributed by atoms with Crippen LogP contribution in [0.3, 0.4) is 0 Å². The zero-order chi connectivity index (χ0) is 12.1. The van der Waals surface area contributed by atoms with Gasteiger partial charge in [-0.05, 0) is 49.6 Å². The lowest BCUT2D eigenvalue weighted by Crippen LogP contribution is -2.45. The van der Waals surface area contributed by atoms with Crippen LogP contribution in [0.15, 0.2) is 11.8 Å². The van der Waals surface area contributed by atoms with E-state index in [9.17, 15) is 0 Å². The summed E-state index contributed by atoms with van der Waals surface area (Å²) in [7, 11) is 0. The molecule has 1 aliphatic carbocycles. The summed E-state index contributed by atoms with van der Waals surface area (Å²) < 4.78 is 5.56. The molecular formula is C15H27NO. The van der Waals surface area contributed by atoms with Crippen molar-refractivity contribution in [2.75, 3.05) is 13.2 Å². The highest BCUT2D eigenvalue weighted by Crippen LogP contribution is 2.46. The number of ether oxygens (including phenoxy) is 1. The molecule has 0 saturated heterocycles. The van der Waals surface area contributed by atoms with Gasteiger partial charge in [0.25, 0.3) is 0 Å². The molecule has 1 heterocycles. The molecule has 1 aliphatic heterocycles. The van der Waals surface area contributed by atoms with Gasteiger partial charge in [-0.25, -0.2) is 0 Å². The Kier molecular flexibility index (Phi) is 4.49. The Morgan fingerprint density at radius 3 is 2.59 bits per heavy atom. The molecule has 1 N–H and O–H groups in total. The molecule has 98 valence electrons. The van der Waals surface area contributed by atoms with E-state index in [1.54, 1.807) is 0 Å². The lowest BCUT2D eigenvalue weighted by molar-refractivity contribution is 0.176. The van der Waals surface area contributed by atoms with Crippen molar-refractivity contribution >= 4 is 0 Å². The predicted octanol–water partition coefficient (Wildman–Crippen LogP) is 3.63. The summed E-state index contributed by atoms with van der Waals surface area (Å²) in [5.74, 6) is 0. The van der Waals surface area contributed by atoms with Gasteiger partial charge >= 0.3 is 0 Å². The summed E-state index contributed by atoms with van der Waals surface area (Å²) in [5.41, 5.74) is 2.02. The Morgan fingerprint density at radius 1 is 1.29 bits per heavy atom. The van der Waals surface area contributed by atoms with Gasteiger partial charge in [0.05, 0.1) is 12.9 Å². The largest absolute Gasteiger partial charge is 0.501 e. The molecule has 0 aromatic carbocycles. The molecule has 0 aromatic rings. The van der Waals surface area contributed by atoms with E-state index in [1.165, 1.54) is 50.5 Å². The summed E-state index contributed by atoms with van der Waals surface area (Å²) in [6.07, 6.45) is 11.3. The molecule has 2 heteroatoms.